The lowest BCUT2D eigenvalue weighted by atomic mass is 9.91. The molecule has 10 heavy (non-hydrogen) atoms. The van der Waals surface area contributed by atoms with Crippen LogP contribution in [0.5, 0.6) is 0 Å². The van der Waals surface area contributed by atoms with Crippen LogP contribution in [0.2, 0.25) is 0 Å². The van der Waals surface area contributed by atoms with E-state index in [0.717, 1.165) is 0 Å². The van der Waals surface area contributed by atoms with Crippen LogP contribution < -0.4 is 10.9 Å². The maximum Gasteiger partial charge on any atom is 0.246 e. The van der Waals surface area contributed by atoms with Crippen molar-refractivity contribution in [3.8, 4) is 0 Å². The third kappa shape index (κ3) is 0.880. The van der Waals surface area contributed by atoms with Crippen LogP contribution in [-0.2, 0) is 4.79 Å². The molecule has 5 heteroatoms. The van der Waals surface area contributed by atoms with E-state index in [4.69, 9.17) is 10.2 Å². The third-order valence-corrected chi connectivity index (χ3v) is 1.72. The van der Waals surface area contributed by atoms with E-state index in [1.807, 2.05) is 0 Å². The Balaban J connectivity index is 2.71. The Bertz CT molecular complexity index is 144. The fourth-order valence-electron chi connectivity index (χ4n) is 0.812. The smallest absolute Gasteiger partial charge is 0.246 e. The molecule has 0 saturated carbocycles. The molecule has 0 atom stereocenters. The molecule has 1 amide bonds. The molecule has 1 saturated heterocycles. The Morgan fingerprint density at radius 2 is 2.10 bits per heavy atom. The van der Waals surface area contributed by atoms with Crippen molar-refractivity contribution in [1.29, 1.82) is 0 Å². The highest BCUT2D eigenvalue weighted by Gasteiger charge is 2.41. The van der Waals surface area contributed by atoms with Gasteiger partial charge in [-0.1, -0.05) is 0 Å². The average molecular weight is 146 g/mol. The Kier molecular flexibility index (Phi) is 1.89. The number of nitrogens with one attached hydrogen (secondary N) is 2. The van der Waals surface area contributed by atoms with Gasteiger partial charge in [-0.25, -0.2) is 5.43 Å². The largest absolute Gasteiger partial charge is 0.395 e. The van der Waals surface area contributed by atoms with E-state index in [9.17, 15) is 4.79 Å². The molecular formula is C5H10N2O3. The molecule has 0 aliphatic carbocycles. The number of rotatable bonds is 2. The zero-order valence-corrected chi connectivity index (χ0v) is 5.42. The van der Waals surface area contributed by atoms with Gasteiger partial charge in [0.15, 0.2) is 0 Å². The van der Waals surface area contributed by atoms with Gasteiger partial charge in [0.2, 0.25) is 5.91 Å². The molecule has 0 spiro atoms. The van der Waals surface area contributed by atoms with Gasteiger partial charge in [0.1, 0.15) is 5.41 Å². The summed E-state index contributed by atoms with van der Waals surface area (Å²) in [5, 5.41) is 17.5. The molecule has 4 N–H and O–H groups in total. The van der Waals surface area contributed by atoms with Crippen molar-refractivity contribution in [3.05, 3.63) is 0 Å². The molecule has 1 heterocycles. The number of hydrogen-bond donors (Lipinski definition) is 4. The zero-order valence-electron chi connectivity index (χ0n) is 5.42. The maximum absolute atomic E-state index is 10.9. The van der Waals surface area contributed by atoms with Crippen molar-refractivity contribution in [3.63, 3.8) is 0 Å². The number of aliphatic hydroxyl groups is 2. The molecule has 5 nitrogen and oxygen atoms in total. The molecule has 58 valence electrons. The number of carbonyl (C=O) groups excluding carboxylic acids is 1. The topological polar surface area (TPSA) is 81.6 Å². The zero-order chi connectivity index (χ0) is 7.61. The second kappa shape index (κ2) is 2.53. The van der Waals surface area contributed by atoms with Gasteiger partial charge in [0, 0.05) is 6.54 Å². The maximum atomic E-state index is 10.9. The Hall–Kier alpha value is -0.650. The van der Waals surface area contributed by atoms with Crippen LogP contribution in [0.15, 0.2) is 0 Å². The van der Waals surface area contributed by atoms with E-state index in [1.165, 1.54) is 0 Å². The molecule has 0 unspecified atom stereocenters. The minimum absolute atomic E-state index is 0.277. The van der Waals surface area contributed by atoms with Crippen LogP contribution in [0, 0.1) is 5.41 Å². The lowest BCUT2D eigenvalue weighted by molar-refractivity contribution is -0.131. The summed E-state index contributed by atoms with van der Waals surface area (Å²) in [6.07, 6.45) is 0. The number of amides is 1. The summed E-state index contributed by atoms with van der Waals surface area (Å²) in [4.78, 5) is 10.9. The second-order valence-electron chi connectivity index (χ2n) is 2.40. The average Bonchev–Trinajstić information content (AvgIpc) is 2.32. The second-order valence-corrected chi connectivity index (χ2v) is 2.40. The van der Waals surface area contributed by atoms with E-state index in [2.05, 4.69) is 10.9 Å². The molecule has 0 bridgehead atoms. The predicted octanol–water partition coefficient (Wildman–Crippen LogP) is -2.41. The normalized spacial score (nSPS) is 22.8. The summed E-state index contributed by atoms with van der Waals surface area (Å²) in [6.45, 7) is -0.385. The number of hydrogen-bond acceptors (Lipinski definition) is 4. The summed E-state index contributed by atoms with van der Waals surface area (Å²) in [5.74, 6) is -0.350. The van der Waals surface area contributed by atoms with Crippen molar-refractivity contribution >= 4 is 5.91 Å². The fraction of sp³-hybridized carbons (Fsp3) is 0.800. The summed E-state index contributed by atoms with van der Waals surface area (Å²) in [5.41, 5.74) is 3.83. The van der Waals surface area contributed by atoms with Gasteiger partial charge in [-0.2, -0.15) is 0 Å². The monoisotopic (exact) mass is 146 g/mol. The van der Waals surface area contributed by atoms with Gasteiger partial charge in [-0.05, 0) is 0 Å². The van der Waals surface area contributed by atoms with Gasteiger partial charge in [-0.3, -0.25) is 10.2 Å². The first-order valence-electron chi connectivity index (χ1n) is 3.00. The highest BCUT2D eigenvalue weighted by atomic mass is 16.3. The molecule has 1 rings (SSSR count). The van der Waals surface area contributed by atoms with Crippen LogP contribution in [-0.4, -0.2) is 35.9 Å². The number of carbonyl (C=O) groups is 1. The molecular weight excluding hydrogens is 136 g/mol. The van der Waals surface area contributed by atoms with Gasteiger partial charge in [0.05, 0.1) is 13.2 Å². The summed E-state index contributed by atoms with van der Waals surface area (Å²) >= 11 is 0. The molecule has 1 aliphatic heterocycles. The van der Waals surface area contributed by atoms with Crippen LogP contribution in [0.1, 0.15) is 0 Å². The van der Waals surface area contributed by atoms with Crippen LogP contribution in [0.25, 0.3) is 0 Å². The van der Waals surface area contributed by atoms with E-state index in [0.29, 0.717) is 0 Å². The van der Waals surface area contributed by atoms with Crippen molar-refractivity contribution in [2.45, 2.75) is 0 Å². The quantitative estimate of drug-likeness (QED) is 0.350. The first kappa shape index (κ1) is 7.46. The lowest BCUT2D eigenvalue weighted by Crippen LogP contribution is -2.39. The highest BCUT2D eigenvalue weighted by molar-refractivity contribution is 5.84. The Labute approximate surface area is 58.0 Å². The van der Waals surface area contributed by atoms with Gasteiger partial charge < -0.3 is 10.2 Å². The van der Waals surface area contributed by atoms with Crippen molar-refractivity contribution in [1.82, 2.24) is 10.9 Å². The molecule has 1 aliphatic rings. The predicted molar refractivity (Wildman–Crippen MR) is 32.7 cm³/mol. The minimum Gasteiger partial charge on any atom is -0.395 e. The lowest BCUT2D eigenvalue weighted by Gasteiger charge is -2.17. The standard InChI is InChI=1S/C5H10N2O3/c8-2-5(3-9)1-6-7-4(5)10/h6,8-9H,1-3H2,(H,7,10). The van der Waals surface area contributed by atoms with E-state index in [1.54, 1.807) is 0 Å². The third-order valence-electron chi connectivity index (χ3n) is 1.72. The number of hydrazine groups is 1. The van der Waals surface area contributed by atoms with Crippen molar-refractivity contribution < 1.29 is 15.0 Å². The minimum atomic E-state index is -1.01. The molecule has 0 aromatic carbocycles. The van der Waals surface area contributed by atoms with E-state index < -0.39 is 5.41 Å². The SMILES string of the molecule is O=C1NNCC1(CO)CO. The first-order chi connectivity index (χ1) is 4.75. The number of aliphatic hydroxyl groups excluding tert-OH is 2. The summed E-state index contributed by atoms with van der Waals surface area (Å²) < 4.78 is 0. The van der Waals surface area contributed by atoms with Crippen molar-refractivity contribution in [2.24, 2.45) is 5.41 Å². The van der Waals surface area contributed by atoms with E-state index in [-0.39, 0.29) is 25.7 Å². The van der Waals surface area contributed by atoms with Crippen LogP contribution in [0.4, 0.5) is 0 Å². The van der Waals surface area contributed by atoms with Crippen molar-refractivity contribution in [2.75, 3.05) is 19.8 Å². The molecule has 0 aromatic heterocycles. The Morgan fingerprint density at radius 1 is 1.50 bits per heavy atom. The summed E-state index contributed by atoms with van der Waals surface area (Å²) in [7, 11) is 0. The van der Waals surface area contributed by atoms with Gasteiger partial charge in [0.25, 0.3) is 0 Å². The van der Waals surface area contributed by atoms with E-state index >= 15 is 0 Å². The Morgan fingerprint density at radius 3 is 2.30 bits per heavy atom. The molecule has 0 radical (unpaired) electrons. The summed E-state index contributed by atoms with van der Waals surface area (Å²) in [6, 6.07) is 0. The molecule has 1 fully saturated rings. The van der Waals surface area contributed by atoms with Crippen LogP contribution >= 0.6 is 0 Å². The first-order valence-corrected chi connectivity index (χ1v) is 3.00. The fourth-order valence-corrected chi connectivity index (χ4v) is 0.812. The van der Waals surface area contributed by atoms with Crippen LogP contribution in [0.3, 0.4) is 0 Å². The van der Waals surface area contributed by atoms with Gasteiger partial charge >= 0.3 is 0 Å². The van der Waals surface area contributed by atoms with Gasteiger partial charge in [-0.15, -0.1) is 0 Å². The highest BCUT2D eigenvalue weighted by Crippen LogP contribution is 2.17. The molecule has 0 aromatic rings.